The molecule has 0 aliphatic carbocycles. The molecule has 0 radical (unpaired) electrons. The molecule has 3 aromatic heterocycles. The molecule has 0 unspecified atom stereocenters. The molecule has 0 N–H and O–H groups in total. The molecule has 3 aromatic rings. The number of rotatable bonds is 3. The van der Waals surface area contributed by atoms with E-state index < -0.39 is 0 Å². The molecule has 0 aliphatic heterocycles. The highest BCUT2D eigenvalue weighted by Gasteiger charge is 2.20. The van der Waals surface area contributed by atoms with Gasteiger partial charge in [-0.1, -0.05) is 20.8 Å². The molecule has 3 heterocycles. The van der Waals surface area contributed by atoms with Crippen LogP contribution in [0.5, 0.6) is 0 Å². The second-order valence-corrected chi connectivity index (χ2v) is 7.83. The van der Waals surface area contributed by atoms with Gasteiger partial charge in [0.2, 0.25) is 0 Å². The Morgan fingerprint density at radius 3 is 2.70 bits per heavy atom. The third-order valence-corrected chi connectivity index (χ3v) is 5.34. The van der Waals surface area contributed by atoms with Crippen LogP contribution >= 0.6 is 11.3 Å². The summed E-state index contributed by atoms with van der Waals surface area (Å²) in [6.45, 7) is 8.44. The summed E-state index contributed by atoms with van der Waals surface area (Å²) in [6.07, 6.45) is 7.34. The Bertz CT molecular complexity index is 877. The van der Waals surface area contributed by atoms with Crippen molar-refractivity contribution >= 4 is 21.6 Å². The molecule has 3 rings (SSSR count). The van der Waals surface area contributed by atoms with E-state index in [-0.39, 0.29) is 17.0 Å². The van der Waals surface area contributed by atoms with E-state index >= 15 is 0 Å². The lowest BCUT2D eigenvalue weighted by atomic mass is 9.95. The lowest BCUT2D eigenvalue weighted by Crippen LogP contribution is -2.24. The van der Waals surface area contributed by atoms with Crippen molar-refractivity contribution in [1.82, 2.24) is 19.5 Å². The summed E-state index contributed by atoms with van der Waals surface area (Å²) in [4.78, 5) is 26.8. The van der Waals surface area contributed by atoms with Gasteiger partial charge in [-0.15, -0.1) is 11.3 Å². The molecular formula is C17H20N4OS. The van der Waals surface area contributed by atoms with Gasteiger partial charge in [-0.25, -0.2) is 4.98 Å². The molecule has 0 saturated carbocycles. The van der Waals surface area contributed by atoms with Gasteiger partial charge >= 0.3 is 0 Å². The molecule has 120 valence electrons. The summed E-state index contributed by atoms with van der Waals surface area (Å²) in [5.41, 5.74) is 1.70. The monoisotopic (exact) mass is 328 g/mol. The highest BCUT2D eigenvalue weighted by molar-refractivity contribution is 7.19. The van der Waals surface area contributed by atoms with Crippen molar-refractivity contribution in [2.24, 2.45) is 0 Å². The summed E-state index contributed by atoms with van der Waals surface area (Å²) in [5, 5.41) is 0. The zero-order valence-electron chi connectivity index (χ0n) is 13.8. The molecule has 23 heavy (non-hydrogen) atoms. The number of nitrogens with zero attached hydrogens (tertiary/aromatic N) is 4. The number of hydrogen-bond donors (Lipinski definition) is 0. The van der Waals surface area contributed by atoms with E-state index in [0.717, 1.165) is 15.9 Å². The Hall–Kier alpha value is -2.08. The molecule has 6 heteroatoms. The van der Waals surface area contributed by atoms with Gasteiger partial charge in [-0.05, 0) is 18.4 Å². The van der Waals surface area contributed by atoms with Crippen molar-refractivity contribution in [2.45, 2.75) is 45.6 Å². The van der Waals surface area contributed by atoms with E-state index in [0.29, 0.717) is 6.42 Å². The van der Waals surface area contributed by atoms with E-state index in [1.54, 1.807) is 40.8 Å². The van der Waals surface area contributed by atoms with E-state index in [2.05, 4.69) is 35.7 Å². The lowest BCUT2D eigenvalue weighted by Gasteiger charge is -2.14. The van der Waals surface area contributed by atoms with Gasteiger partial charge < -0.3 is 0 Å². The maximum Gasteiger partial charge on any atom is 0.271 e. The average molecular weight is 328 g/mol. The second kappa shape index (κ2) is 5.85. The largest absolute Gasteiger partial charge is 0.295 e. The van der Waals surface area contributed by atoms with Crippen molar-refractivity contribution in [3.63, 3.8) is 0 Å². The first kappa shape index (κ1) is 15.8. The standard InChI is InChI=1S/C17H20N4OS/c1-11(7-12-9-18-5-6-19-12)21-10-20-13-8-14(17(2,3)4)23-15(13)16(21)22/h5-6,8-11H,7H2,1-4H3/t11-/m0/s1. The van der Waals surface area contributed by atoms with Crippen molar-refractivity contribution in [3.05, 3.63) is 51.9 Å². The minimum absolute atomic E-state index is 0.0173. The molecule has 0 aromatic carbocycles. The molecule has 0 bridgehead atoms. The van der Waals surface area contributed by atoms with Gasteiger partial charge in [0, 0.05) is 35.9 Å². The van der Waals surface area contributed by atoms with Gasteiger partial charge in [0.15, 0.2) is 0 Å². The Morgan fingerprint density at radius 1 is 1.26 bits per heavy atom. The fourth-order valence-corrected chi connectivity index (χ4v) is 3.55. The first-order valence-electron chi connectivity index (χ1n) is 7.62. The number of hydrogen-bond acceptors (Lipinski definition) is 5. The number of thiophene rings is 1. The summed E-state index contributed by atoms with van der Waals surface area (Å²) < 4.78 is 2.42. The summed E-state index contributed by atoms with van der Waals surface area (Å²) >= 11 is 1.54. The van der Waals surface area contributed by atoms with E-state index in [9.17, 15) is 4.79 Å². The van der Waals surface area contributed by atoms with Gasteiger partial charge in [0.1, 0.15) is 4.70 Å². The maximum absolute atomic E-state index is 12.8. The van der Waals surface area contributed by atoms with Crippen LogP contribution in [0.2, 0.25) is 0 Å². The molecule has 0 saturated heterocycles. The zero-order valence-corrected chi connectivity index (χ0v) is 14.6. The summed E-state index contributed by atoms with van der Waals surface area (Å²) in [6, 6.07) is 2.01. The minimum atomic E-state index is -0.0173. The average Bonchev–Trinajstić information content (AvgIpc) is 2.94. The van der Waals surface area contributed by atoms with Crippen LogP contribution in [0.1, 0.15) is 44.3 Å². The fourth-order valence-electron chi connectivity index (χ4n) is 2.44. The first-order valence-corrected chi connectivity index (χ1v) is 8.44. The summed E-state index contributed by atoms with van der Waals surface area (Å²) in [7, 11) is 0. The molecule has 5 nitrogen and oxygen atoms in total. The normalized spacial score (nSPS) is 13.4. The molecule has 0 amide bonds. The smallest absolute Gasteiger partial charge is 0.271 e. The molecular weight excluding hydrogens is 308 g/mol. The van der Waals surface area contributed by atoms with Gasteiger partial charge in [0.05, 0.1) is 17.5 Å². The second-order valence-electron chi connectivity index (χ2n) is 6.78. The Kier molecular flexibility index (Phi) is 4.02. The Labute approximate surface area is 139 Å². The van der Waals surface area contributed by atoms with Crippen LogP contribution < -0.4 is 5.56 Å². The van der Waals surface area contributed by atoms with Crippen LogP contribution in [0, 0.1) is 0 Å². The van der Waals surface area contributed by atoms with Crippen LogP contribution in [0.4, 0.5) is 0 Å². The number of fused-ring (bicyclic) bond motifs is 1. The molecule has 0 spiro atoms. The van der Waals surface area contributed by atoms with Crippen LogP contribution in [-0.2, 0) is 11.8 Å². The fraction of sp³-hybridized carbons (Fsp3) is 0.412. The van der Waals surface area contributed by atoms with Crippen molar-refractivity contribution in [1.29, 1.82) is 0 Å². The predicted molar refractivity (Wildman–Crippen MR) is 93.0 cm³/mol. The van der Waals surface area contributed by atoms with Crippen LogP contribution in [0.3, 0.4) is 0 Å². The molecule has 1 atom stereocenters. The van der Waals surface area contributed by atoms with Gasteiger partial charge in [-0.2, -0.15) is 0 Å². The topological polar surface area (TPSA) is 60.7 Å². The highest BCUT2D eigenvalue weighted by Crippen LogP contribution is 2.31. The van der Waals surface area contributed by atoms with E-state index in [1.165, 1.54) is 4.88 Å². The van der Waals surface area contributed by atoms with Crippen molar-refractivity contribution in [2.75, 3.05) is 0 Å². The van der Waals surface area contributed by atoms with Crippen LogP contribution in [0.15, 0.2) is 35.8 Å². The Balaban J connectivity index is 1.98. The summed E-state index contributed by atoms with van der Waals surface area (Å²) in [5.74, 6) is 0. The quantitative estimate of drug-likeness (QED) is 0.740. The minimum Gasteiger partial charge on any atom is -0.295 e. The SMILES string of the molecule is C[C@@H](Cc1cnccn1)n1cnc2cc(C(C)(C)C)sc2c1=O. The maximum atomic E-state index is 12.8. The lowest BCUT2D eigenvalue weighted by molar-refractivity contribution is 0.517. The Morgan fingerprint density at radius 2 is 2.04 bits per heavy atom. The molecule has 0 aliphatic rings. The molecule has 0 fully saturated rings. The third kappa shape index (κ3) is 3.17. The third-order valence-electron chi connectivity index (χ3n) is 3.80. The zero-order chi connectivity index (χ0) is 16.6. The van der Waals surface area contributed by atoms with Crippen molar-refractivity contribution < 1.29 is 0 Å². The highest BCUT2D eigenvalue weighted by atomic mass is 32.1. The van der Waals surface area contributed by atoms with E-state index in [1.807, 2.05) is 13.0 Å². The number of aromatic nitrogens is 4. The van der Waals surface area contributed by atoms with Gasteiger partial charge in [-0.3, -0.25) is 19.3 Å². The van der Waals surface area contributed by atoms with E-state index in [4.69, 9.17) is 0 Å². The first-order chi connectivity index (χ1) is 10.9. The van der Waals surface area contributed by atoms with Gasteiger partial charge in [0.25, 0.3) is 5.56 Å². The van der Waals surface area contributed by atoms with Crippen molar-refractivity contribution in [3.8, 4) is 0 Å². The predicted octanol–water partition coefficient (Wildman–Crippen LogP) is 3.35. The van der Waals surface area contributed by atoms with Crippen LogP contribution in [-0.4, -0.2) is 19.5 Å². The van der Waals surface area contributed by atoms with Crippen LogP contribution in [0.25, 0.3) is 10.2 Å².